The number of fused-ring (bicyclic) bond motifs is 2. The van der Waals surface area contributed by atoms with E-state index in [0.29, 0.717) is 23.4 Å². The lowest BCUT2D eigenvalue weighted by Crippen LogP contribution is -2.44. The van der Waals surface area contributed by atoms with E-state index in [4.69, 9.17) is 16.2 Å². The molecule has 24 heavy (non-hydrogen) atoms. The molecule has 130 valence electrons. The molecule has 3 aliphatic rings. The predicted molar refractivity (Wildman–Crippen MR) is 91.6 cm³/mol. The Hall–Kier alpha value is -1.89. The first-order valence-electron chi connectivity index (χ1n) is 8.93. The van der Waals surface area contributed by atoms with Crippen LogP contribution in [0.4, 0.5) is 5.82 Å². The van der Waals surface area contributed by atoms with Crippen LogP contribution in [-0.2, 0) is 6.42 Å². The topological polar surface area (TPSA) is 104 Å². The predicted octanol–water partition coefficient (Wildman–Crippen LogP) is 1.94. The molecule has 0 amide bonds. The number of nitrogen functional groups attached to an aromatic ring is 1. The summed E-state index contributed by atoms with van der Waals surface area (Å²) in [5.41, 5.74) is 14.1. The van der Waals surface area contributed by atoms with Gasteiger partial charge in [-0.2, -0.15) is 4.98 Å². The highest BCUT2D eigenvalue weighted by Gasteiger charge is 2.53. The van der Waals surface area contributed by atoms with E-state index < -0.39 is 0 Å². The number of imidazole rings is 1. The highest BCUT2D eigenvalue weighted by atomic mass is 16.5. The Balaban J connectivity index is 1.58. The van der Waals surface area contributed by atoms with Crippen molar-refractivity contribution in [3.63, 3.8) is 0 Å². The van der Waals surface area contributed by atoms with Crippen molar-refractivity contribution in [2.24, 2.45) is 17.6 Å². The van der Waals surface area contributed by atoms with Gasteiger partial charge in [-0.1, -0.05) is 13.3 Å². The summed E-state index contributed by atoms with van der Waals surface area (Å²) in [6, 6.07) is 0.325. The minimum atomic E-state index is 0.0676. The van der Waals surface area contributed by atoms with Crippen molar-refractivity contribution in [3.8, 4) is 6.01 Å². The number of hydrogen-bond acceptors (Lipinski definition) is 6. The van der Waals surface area contributed by atoms with Crippen LogP contribution in [0.2, 0.25) is 0 Å². The Morgan fingerprint density at radius 3 is 2.88 bits per heavy atom. The smallest absolute Gasteiger partial charge is 0.336 e. The third kappa shape index (κ3) is 2.60. The van der Waals surface area contributed by atoms with Crippen molar-refractivity contribution < 1.29 is 4.74 Å². The molecule has 2 heterocycles. The molecular formula is C17H26N6O. The molecule has 0 aromatic carbocycles. The third-order valence-electron chi connectivity index (χ3n) is 5.59. The summed E-state index contributed by atoms with van der Waals surface area (Å²) in [7, 11) is 0. The summed E-state index contributed by atoms with van der Waals surface area (Å²) in [5.74, 6) is 1.73. The second-order valence-corrected chi connectivity index (χ2v) is 7.68. The Morgan fingerprint density at radius 2 is 2.21 bits per heavy atom. The monoisotopic (exact) mass is 330 g/mol. The quantitative estimate of drug-likeness (QED) is 0.839. The van der Waals surface area contributed by atoms with Crippen molar-refractivity contribution in [2.45, 2.75) is 64.0 Å². The molecule has 2 aromatic heterocycles. The maximum atomic E-state index is 6.32. The molecular weight excluding hydrogens is 304 g/mol. The minimum absolute atomic E-state index is 0.0676. The maximum Gasteiger partial charge on any atom is 0.336 e. The van der Waals surface area contributed by atoms with Crippen LogP contribution in [0.1, 0.15) is 51.6 Å². The van der Waals surface area contributed by atoms with Crippen LogP contribution in [0.15, 0.2) is 6.20 Å². The number of nitrogens with zero attached hydrogens (tertiary/aromatic N) is 4. The number of hydrogen-bond donors (Lipinski definition) is 2. The van der Waals surface area contributed by atoms with Gasteiger partial charge in [0.25, 0.3) is 0 Å². The largest absolute Gasteiger partial charge is 0.459 e. The number of rotatable bonds is 6. The normalized spacial score (nSPS) is 29.6. The summed E-state index contributed by atoms with van der Waals surface area (Å²) in [4.78, 5) is 8.64. The van der Waals surface area contributed by atoms with Crippen molar-refractivity contribution >= 4 is 11.5 Å². The van der Waals surface area contributed by atoms with Gasteiger partial charge in [-0.15, -0.1) is 5.10 Å². The van der Waals surface area contributed by atoms with Crippen LogP contribution in [0.25, 0.3) is 5.65 Å². The van der Waals surface area contributed by atoms with Crippen molar-refractivity contribution in [1.82, 2.24) is 19.6 Å². The average Bonchev–Trinajstić information content (AvgIpc) is 3.11. The van der Waals surface area contributed by atoms with E-state index in [0.717, 1.165) is 50.1 Å². The summed E-state index contributed by atoms with van der Waals surface area (Å²) < 4.78 is 7.61. The van der Waals surface area contributed by atoms with Gasteiger partial charge in [0, 0.05) is 5.54 Å². The Bertz CT molecular complexity index is 751. The average molecular weight is 330 g/mol. The third-order valence-corrected chi connectivity index (χ3v) is 5.59. The fourth-order valence-electron chi connectivity index (χ4n) is 4.44. The Labute approximate surface area is 141 Å². The van der Waals surface area contributed by atoms with Crippen LogP contribution in [0.5, 0.6) is 6.01 Å². The molecule has 3 saturated carbocycles. The second kappa shape index (κ2) is 5.58. The fraction of sp³-hybridized carbons (Fsp3) is 0.706. The first-order chi connectivity index (χ1) is 11.5. The van der Waals surface area contributed by atoms with Gasteiger partial charge in [0.05, 0.1) is 18.0 Å². The van der Waals surface area contributed by atoms with Gasteiger partial charge in [-0.25, -0.2) is 9.50 Å². The van der Waals surface area contributed by atoms with Crippen molar-refractivity contribution in [3.05, 3.63) is 11.9 Å². The van der Waals surface area contributed by atoms with E-state index in [9.17, 15) is 0 Å². The number of anilines is 1. The van der Waals surface area contributed by atoms with E-state index in [1.807, 2.05) is 13.1 Å². The van der Waals surface area contributed by atoms with E-state index in [-0.39, 0.29) is 11.6 Å². The molecule has 3 aliphatic carbocycles. The molecule has 7 heteroatoms. The van der Waals surface area contributed by atoms with Crippen LogP contribution < -0.4 is 16.2 Å². The fourth-order valence-corrected chi connectivity index (χ4v) is 4.44. The van der Waals surface area contributed by atoms with Crippen LogP contribution in [0, 0.1) is 11.8 Å². The lowest BCUT2D eigenvalue weighted by Gasteiger charge is -2.34. The molecule has 0 aliphatic heterocycles. The van der Waals surface area contributed by atoms with Gasteiger partial charge < -0.3 is 16.2 Å². The minimum Gasteiger partial charge on any atom is -0.459 e. The van der Waals surface area contributed by atoms with Crippen molar-refractivity contribution in [2.75, 3.05) is 5.73 Å². The van der Waals surface area contributed by atoms with E-state index in [1.165, 1.54) is 0 Å². The van der Waals surface area contributed by atoms with Gasteiger partial charge in [0.1, 0.15) is 0 Å². The molecule has 3 fully saturated rings. The standard InChI is InChI=1S/C17H26N6O/c1-3-4-10(2)24-16-21-14(18)15-20-9-13(23(15)22-16)5-11-6-17(19)7-12(11)8-17/h9-12H,3-8,19H2,1-2H3,(H2,18,21,22)/t10-,11+,12?,17?/m0/s1. The van der Waals surface area contributed by atoms with Crippen molar-refractivity contribution in [1.29, 1.82) is 0 Å². The zero-order valence-corrected chi connectivity index (χ0v) is 14.4. The Kier molecular flexibility index (Phi) is 3.63. The SMILES string of the molecule is CCC[C@H](C)Oc1nc(N)c2ncc(C[C@@H]3CC4(N)CC3C4)n2n1. The van der Waals surface area contributed by atoms with Crippen LogP contribution in [-0.4, -0.2) is 31.2 Å². The van der Waals surface area contributed by atoms with Gasteiger partial charge in [0.15, 0.2) is 11.5 Å². The molecule has 0 saturated heterocycles. The van der Waals surface area contributed by atoms with Gasteiger partial charge in [0.2, 0.25) is 0 Å². The zero-order chi connectivity index (χ0) is 16.9. The highest BCUT2D eigenvalue weighted by molar-refractivity contribution is 5.59. The van der Waals surface area contributed by atoms with Gasteiger partial charge in [-0.05, 0) is 50.9 Å². The van der Waals surface area contributed by atoms with Crippen LogP contribution >= 0.6 is 0 Å². The van der Waals surface area contributed by atoms with E-state index in [1.54, 1.807) is 4.52 Å². The molecule has 2 aromatic rings. The Morgan fingerprint density at radius 1 is 1.42 bits per heavy atom. The lowest BCUT2D eigenvalue weighted by molar-refractivity contribution is 0.189. The summed E-state index contributed by atoms with van der Waals surface area (Å²) >= 11 is 0. The molecule has 2 bridgehead atoms. The van der Waals surface area contributed by atoms with Gasteiger partial charge in [-0.3, -0.25) is 0 Å². The maximum absolute atomic E-state index is 6.32. The molecule has 2 atom stereocenters. The molecule has 0 spiro atoms. The van der Waals surface area contributed by atoms with E-state index in [2.05, 4.69) is 22.0 Å². The lowest BCUT2D eigenvalue weighted by atomic mass is 9.76. The van der Waals surface area contributed by atoms with Crippen LogP contribution in [0.3, 0.4) is 0 Å². The second-order valence-electron chi connectivity index (χ2n) is 7.68. The highest BCUT2D eigenvalue weighted by Crippen LogP contribution is 2.54. The first kappa shape index (κ1) is 15.6. The molecule has 4 N–H and O–H groups in total. The first-order valence-corrected chi connectivity index (χ1v) is 8.93. The van der Waals surface area contributed by atoms with E-state index >= 15 is 0 Å². The summed E-state index contributed by atoms with van der Waals surface area (Å²) in [6.45, 7) is 4.15. The number of aromatic nitrogens is 4. The summed E-state index contributed by atoms with van der Waals surface area (Å²) in [6.07, 6.45) is 8.30. The number of ether oxygens (including phenoxy) is 1. The molecule has 0 radical (unpaired) electrons. The van der Waals surface area contributed by atoms with Gasteiger partial charge >= 0.3 is 6.01 Å². The molecule has 5 rings (SSSR count). The zero-order valence-electron chi connectivity index (χ0n) is 14.4. The molecule has 0 unspecified atom stereocenters. The molecule has 7 nitrogen and oxygen atoms in total. The summed E-state index contributed by atoms with van der Waals surface area (Å²) in [5, 5.41) is 4.53. The number of nitrogens with two attached hydrogens (primary N) is 2.